The molecule has 9 heteroatoms. The number of aryl methyl sites for hydroxylation is 1. The summed E-state index contributed by atoms with van der Waals surface area (Å²) in [6.45, 7) is 7.02. The van der Waals surface area contributed by atoms with Crippen LogP contribution in [0.5, 0.6) is 0 Å². The van der Waals surface area contributed by atoms with Gasteiger partial charge in [-0.1, -0.05) is 12.2 Å². The van der Waals surface area contributed by atoms with Gasteiger partial charge < -0.3 is 9.64 Å². The topological polar surface area (TPSA) is 99.3 Å². The van der Waals surface area contributed by atoms with Crippen LogP contribution in [0.15, 0.2) is 42.6 Å². The van der Waals surface area contributed by atoms with Crippen LogP contribution in [0.1, 0.15) is 0 Å². The summed E-state index contributed by atoms with van der Waals surface area (Å²) < 4.78 is 7.52. The van der Waals surface area contributed by atoms with Gasteiger partial charge in [0.1, 0.15) is 18.3 Å². The number of hydrogen-bond donors (Lipinski definition) is 0. The van der Waals surface area contributed by atoms with E-state index in [4.69, 9.17) is 4.74 Å². The fourth-order valence-corrected chi connectivity index (χ4v) is 2.19. The number of esters is 1. The number of nitrogens with zero attached hydrogens (tertiary/aromatic N) is 5. The summed E-state index contributed by atoms with van der Waals surface area (Å²) >= 11 is 0. The lowest BCUT2D eigenvalue weighted by Gasteiger charge is -2.19. The molecule has 0 aromatic carbocycles. The van der Waals surface area contributed by atoms with Crippen molar-refractivity contribution in [3.63, 3.8) is 0 Å². The van der Waals surface area contributed by atoms with Crippen molar-refractivity contribution in [2.75, 3.05) is 19.7 Å². The zero-order chi connectivity index (χ0) is 18.4. The molecule has 2 aromatic heterocycles. The maximum absolute atomic E-state index is 12.3. The standard InChI is InChI=1S/C16H19N5O4/c1-4-6-20(7-5-2)13(22)10-25-14(23)9-21-11-17-15-12(16(21)24)8-18-19(15)3/h4-5,8,11H,1-2,6-7,9-10H2,3H3. The minimum Gasteiger partial charge on any atom is -0.454 e. The molecule has 0 spiro atoms. The first-order chi connectivity index (χ1) is 12.0. The Labute approximate surface area is 143 Å². The number of hydrogen-bond acceptors (Lipinski definition) is 6. The summed E-state index contributed by atoms with van der Waals surface area (Å²) in [5.74, 6) is -1.08. The lowest BCUT2D eigenvalue weighted by Crippen LogP contribution is -2.35. The molecule has 0 saturated heterocycles. The maximum atomic E-state index is 12.3. The van der Waals surface area contributed by atoms with Crippen molar-refractivity contribution >= 4 is 22.9 Å². The third kappa shape index (κ3) is 4.19. The highest BCUT2D eigenvalue weighted by molar-refractivity contribution is 5.81. The second kappa shape index (κ2) is 8.04. The lowest BCUT2D eigenvalue weighted by molar-refractivity contribution is -0.152. The van der Waals surface area contributed by atoms with Gasteiger partial charge in [0.25, 0.3) is 11.5 Å². The summed E-state index contributed by atoms with van der Waals surface area (Å²) in [6.07, 6.45) is 5.77. The van der Waals surface area contributed by atoms with Gasteiger partial charge in [-0.25, -0.2) is 4.98 Å². The molecule has 25 heavy (non-hydrogen) atoms. The number of carbonyl (C=O) groups excluding carboxylic acids is 2. The van der Waals surface area contributed by atoms with Crippen LogP contribution in [0.3, 0.4) is 0 Å². The molecule has 9 nitrogen and oxygen atoms in total. The van der Waals surface area contributed by atoms with Gasteiger partial charge in [-0.05, 0) is 0 Å². The van der Waals surface area contributed by atoms with Crippen molar-refractivity contribution in [2.24, 2.45) is 7.05 Å². The average molecular weight is 345 g/mol. The summed E-state index contributed by atoms with van der Waals surface area (Å²) in [4.78, 5) is 41.7. The predicted octanol–water partition coefficient (Wildman–Crippen LogP) is -0.126. The van der Waals surface area contributed by atoms with Gasteiger partial charge in [0.15, 0.2) is 12.3 Å². The largest absolute Gasteiger partial charge is 0.454 e. The van der Waals surface area contributed by atoms with E-state index in [-0.39, 0.29) is 12.5 Å². The number of fused-ring (bicyclic) bond motifs is 1. The molecule has 0 bridgehead atoms. The van der Waals surface area contributed by atoms with E-state index in [0.29, 0.717) is 24.1 Å². The van der Waals surface area contributed by atoms with E-state index in [1.54, 1.807) is 19.2 Å². The Kier molecular flexibility index (Phi) is 5.83. The van der Waals surface area contributed by atoms with Crippen LogP contribution >= 0.6 is 0 Å². The van der Waals surface area contributed by atoms with Gasteiger partial charge in [-0.2, -0.15) is 5.10 Å². The minimum absolute atomic E-state index is 0.303. The van der Waals surface area contributed by atoms with Gasteiger partial charge in [-0.15, -0.1) is 13.2 Å². The minimum atomic E-state index is -0.711. The highest BCUT2D eigenvalue weighted by Gasteiger charge is 2.15. The van der Waals surface area contributed by atoms with Gasteiger partial charge in [0.05, 0.1) is 6.20 Å². The molecule has 1 amide bonds. The first-order valence-corrected chi connectivity index (χ1v) is 7.50. The summed E-state index contributed by atoms with van der Waals surface area (Å²) in [7, 11) is 1.66. The second-order valence-corrected chi connectivity index (χ2v) is 5.22. The van der Waals surface area contributed by atoms with Crippen LogP contribution in [0.2, 0.25) is 0 Å². The number of rotatable bonds is 8. The Morgan fingerprint density at radius 1 is 1.32 bits per heavy atom. The SMILES string of the molecule is C=CCN(CC=C)C(=O)COC(=O)Cn1cnc2c(cnn2C)c1=O. The highest BCUT2D eigenvalue weighted by atomic mass is 16.5. The first-order valence-electron chi connectivity index (χ1n) is 7.50. The number of amides is 1. The fourth-order valence-electron chi connectivity index (χ4n) is 2.19. The zero-order valence-electron chi connectivity index (χ0n) is 13.9. The molecular weight excluding hydrogens is 326 g/mol. The molecule has 0 radical (unpaired) electrons. The van der Waals surface area contributed by atoms with E-state index >= 15 is 0 Å². The number of ether oxygens (including phenoxy) is 1. The zero-order valence-corrected chi connectivity index (χ0v) is 13.9. The summed E-state index contributed by atoms with van der Waals surface area (Å²) in [6, 6.07) is 0. The molecule has 132 valence electrons. The summed E-state index contributed by atoms with van der Waals surface area (Å²) in [5, 5.41) is 4.25. The van der Waals surface area contributed by atoms with E-state index in [9.17, 15) is 14.4 Å². The van der Waals surface area contributed by atoms with E-state index < -0.39 is 18.1 Å². The van der Waals surface area contributed by atoms with E-state index in [2.05, 4.69) is 23.2 Å². The molecule has 0 saturated carbocycles. The van der Waals surface area contributed by atoms with E-state index in [1.165, 1.54) is 22.1 Å². The summed E-state index contributed by atoms with van der Waals surface area (Å²) in [5.41, 5.74) is 0.0237. The molecule has 2 rings (SSSR count). The van der Waals surface area contributed by atoms with Gasteiger partial charge in [0, 0.05) is 20.1 Å². The molecule has 2 heterocycles. The van der Waals surface area contributed by atoms with Crippen molar-refractivity contribution in [1.82, 2.24) is 24.2 Å². The molecule has 0 fully saturated rings. The first kappa shape index (κ1) is 18.1. The van der Waals surface area contributed by atoms with Crippen LogP contribution < -0.4 is 5.56 Å². The second-order valence-electron chi connectivity index (χ2n) is 5.22. The normalized spacial score (nSPS) is 10.4. The van der Waals surface area contributed by atoms with Gasteiger partial charge in [0.2, 0.25) is 0 Å². The van der Waals surface area contributed by atoms with Crippen molar-refractivity contribution in [3.05, 3.63) is 48.2 Å². The molecule has 0 aliphatic heterocycles. The van der Waals surface area contributed by atoms with Crippen LogP contribution in [0.25, 0.3) is 11.0 Å². The number of carbonyl (C=O) groups is 2. The van der Waals surface area contributed by atoms with Crippen molar-refractivity contribution in [3.8, 4) is 0 Å². The van der Waals surface area contributed by atoms with E-state index in [1.807, 2.05) is 0 Å². The lowest BCUT2D eigenvalue weighted by atomic mass is 10.4. The van der Waals surface area contributed by atoms with Gasteiger partial charge in [-0.3, -0.25) is 23.6 Å². The van der Waals surface area contributed by atoms with E-state index in [0.717, 1.165) is 4.57 Å². The fraction of sp³-hybridized carbons (Fsp3) is 0.312. The maximum Gasteiger partial charge on any atom is 0.326 e. The van der Waals surface area contributed by atoms with Crippen molar-refractivity contribution in [2.45, 2.75) is 6.54 Å². The van der Waals surface area contributed by atoms with Crippen LogP contribution in [0.4, 0.5) is 0 Å². The Hall–Kier alpha value is -3.23. The monoisotopic (exact) mass is 345 g/mol. The molecular formula is C16H19N5O4. The molecule has 0 aliphatic carbocycles. The molecule has 0 N–H and O–H groups in total. The van der Waals surface area contributed by atoms with Crippen molar-refractivity contribution < 1.29 is 14.3 Å². The number of aromatic nitrogens is 4. The van der Waals surface area contributed by atoms with Crippen LogP contribution in [-0.2, 0) is 27.9 Å². The predicted molar refractivity (Wildman–Crippen MR) is 90.7 cm³/mol. The van der Waals surface area contributed by atoms with Crippen LogP contribution in [-0.4, -0.2) is 55.8 Å². The van der Waals surface area contributed by atoms with Crippen molar-refractivity contribution in [1.29, 1.82) is 0 Å². The highest BCUT2D eigenvalue weighted by Crippen LogP contribution is 2.03. The molecule has 0 unspecified atom stereocenters. The molecule has 0 atom stereocenters. The Morgan fingerprint density at radius 2 is 2.00 bits per heavy atom. The van der Waals surface area contributed by atoms with Gasteiger partial charge >= 0.3 is 5.97 Å². The third-order valence-corrected chi connectivity index (χ3v) is 3.43. The molecule has 0 aliphatic rings. The van der Waals surface area contributed by atoms with Crippen LogP contribution in [0, 0.1) is 0 Å². The quantitative estimate of drug-likeness (QED) is 0.488. The Bertz CT molecular complexity index is 857. The average Bonchev–Trinajstić information content (AvgIpc) is 2.97. The third-order valence-electron chi connectivity index (χ3n) is 3.43. The Morgan fingerprint density at radius 3 is 2.64 bits per heavy atom. The smallest absolute Gasteiger partial charge is 0.326 e. The molecule has 2 aromatic rings. The Balaban J connectivity index is 1.99.